The molecule has 0 fully saturated rings. The lowest BCUT2D eigenvalue weighted by Crippen LogP contribution is -2.36. The first kappa shape index (κ1) is 16.5. The van der Waals surface area contributed by atoms with E-state index in [1.807, 2.05) is 6.92 Å². The monoisotopic (exact) mass is 300 g/mol. The summed E-state index contributed by atoms with van der Waals surface area (Å²) in [4.78, 5) is 11.2. The molecule has 6 nitrogen and oxygen atoms in total. The molecule has 0 radical (unpaired) electrons. The van der Waals surface area contributed by atoms with Crippen molar-refractivity contribution in [1.29, 1.82) is 0 Å². The predicted molar refractivity (Wildman–Crippen MR) is 77.4 cm³/mol. The van der Waals surface area contributed by atoms with Crippen LogP contribution in [0.25, 0.3) is 0 Å². The van der Waals surface area contributed by atoms with Crippen LogP contribution in [-0.2, 0) is 26.1 Å². The number of rotatable bonds is 7. The number of sulfonamides is 1. The van der Waals surface area contributed by atoms with Crippen LogP contribution in [-0.4, -0.2) is 38.1 Å². The maximum absolute atomic E-state index is 12.2. The van der Waals surface area contributed by atoms with Gasteiger partial charge in [-0.2, -0.15) is 4.31 Å². The van der Waals surface area contributed by atoms with Gasteiger partial charge in [-0.15, -0.1) is 0 Å². The number of nitrogens with zero attached hydrogens (tertiary/aromatic N) is 1. The third kappa shape index (κ3) is 4.82. The summed E-state index contributed by atoms with van der Waals surface area (Å²) in [7, 11) is -2.52. The van der Waals surface area contributed by atoms with Crippen molar-refractivity contribution in [1.82, 2.24) is 4.31 Å². The number of nitrogen functional groups attached to an aromatic ring is 1. The third-order valence-electron chi connectivity index (χ3n) is 2.70. The second-order valence-electron chi connectivity index (χ2n) is 4.41. The molecule has 0 saturated heterocycles. The van der Waals surface area contributed by atoms with E-state index in [0.29, 0.717) is 18.7 Å². The van der Waals surface area contributed by atoms with Crippen LogP contribution in [0.4, 0.5) is 5.69 Å². The predicted octanol–water partition coefficient (Wildman–Crippen LogP) is 0.984. The van der Waals surface area contributed by atoms with Gasteiger partial charge in [-0.1, -0.05) is 19.1 Å². The summed E-state index contributed by atoms with van der Waals surface area (Å²) in [6.07, 6.45) is 0.655. The average Bonchev–Trinajstić information content (AvgIpc) is 2.37. The summed E-state index contributed by atoms with van der Waals surface area (Å²) in [5, 5.41) is 0. The number of ether oxygens (including phenoxy) is 1. The fourth-order valence-corrected chi connectivity index (χ4v) is 3.16. The molecule has 2 N–H and O–H groups in total. The summed E-state index contributed by atoms with van der Waals surface area (Å²) >= 11 is 0. The van der Waals surface area contributed by atoms with E-state index < -0.39 is 21.7 Å². The van der Waals surface area contributed by atoms with Crippen LogP contribution in [0.2, 0.25) is 0 Å². The molecular weight excluding hydrogens is 280 g/mol. The van der Waals surface area contributed by atoms with Gasteiger partial charge in [-0.05, 0) is 24.1 Å². The van der Waals surface area contributed by atoms with E-state index >= 15 is 0 Å². The zero-order valence-electron chi connectivity index (χ0n) is 11.7. The summed E-state index contributed by atoms with van der Waals surface area (Å²) in [5.74, 6) is -1.41. The van der Waals surface area contributed by atoms with Crippen molar-refractivity contribution in [2.45, 2.75) is 19.9 Å². The Labute approximate surface area is 119 Å². The standard InChI is InChI=1S/C13H20N2O4S/c1-3-7-15(20(17,18)10-13(16)19-2)9-11-5-4-6-12(14)8-11/h4-6,8H,3,7,9-10,14H2,1-2H3. The highest BCUT2D eigenvalue weighted by molar-refractivity contribution is 7.89. The molecule has 7 heteroatoms. The fourth-order valence-electron chi connectivity index (χ4n) is 1.76. The number of hydrogen-bond acceptors (Lipinski definition) is 5. The first-order valence-corrected chi connectivity index (χ1v) is 7.89. The summed E-state index contributed by atoms with van der Waals surface area (Å²) in [5.41, 5.74) is 7.04. The van der Waals surface area contributed by atoms with Gasteiger partial charge in [0, 0.05) is 18.8 Å². The van der Waals surface area contributed by atoms with Gasteiger partial charge in [0.2, 0.25) is 10.0 Å². The van der Waals surface area contributed by atoms with E-state index in [4.69, 9.17) is 5.73 Å². The van der Waals surface area contributed by atoms with Crippen LogP contribution in [0.15, 0.2) is 24.3 Å². The minimum atomic E-state index is -3.69. The van der Waals surface area contributed by atoms with Crippen LogP contribution < -0.4 is 5.73 Å². The van der Waals surface area contributed by atoms with Crippen molar-refractivity contribution in [2.75, 3.05) is 25.1 Å². The number of esters is 1. The molecule has 0 aliphatic carbocycles. The van der Waals surface area contributed by atoms with Gasteiger partial charge in [-0.25, -0.2) is 8.42 Å². The molecule has 112 valence electrons. The second-order valence-corrected chi connectivity index (χ2v) is 6.38. The first-order chi connectivity index (χ1) is 9.39. The van der Waals surface area contributed by atoms with Gasteiger partial charge < -0.3 is 10.5 Å². The highest BCUT2D eigenvalue weighted by Gasteiger charge is 2.25. The Morgan fingerprint density at radius 3 is 2.65 bits per heavy atom. The van der Waals surface area contributed by atoms with E-state index in [1.54, 1.807) is 24.3 Å². The number of anilines is 1. The maximum atomic E-state index is 12.2. The van der Waals surface area contributed by atoms with Crippen LogP contribution in [0.1, 0.15) is 18.9 Å². The van der Waals surface area contributed by atoms with Gasteiger partial charge in [0.15, 0.2) is 5.75 Å². The third-order valence-corrected chi connectivity index (χ3v) is 4.40. The number of benzene rings is 1. The number of nitrogens with two attached hydrogens (primary N) is 1. The molecule has 0 aliphatic rings. The largest absolute Gasteiger partial charge is 0.468 e. The van der Waals surface area contributed by atoms with Crippen molar-refractivity contribution in [3.63, 3.8) is 0 Å². The molecule has 1 rings (SSSR count). The fraction of sp³-hybridized carbons (Fsp3) is 0.462. The molecule has 0 amide bonds. The molecule has 1 aromatic rings. The number of carbonyl (C=O) groups excluding carboxylic acids is 1. The van der Waals surface area contributed by atoms with Gasteiger partial charge in [0.1, 0.15) is 0 Å². The molecule has 20 heavy (non-hydrogen) atoms. The molecule has 0 aliphatic heterocycles. The van der Waals surface area contributed by atoms with E-state index in [2.05, 4.69) is 4.74 Å². The lowest BCUT2D eigenvalue weighted by molar-refractivity contribution is -0.137. The first-order valence-electron chi connectivity index (χ1n) is 6.28. The average molecular weight is 300 g/mol. The van der Waals surface area contributed by atoms with E-state index in [9.17, 15) is 13.2 Å². The molecule has 0 atom stereocenters. The minimum Gasteiger partial charge on any atom is -0.468 e. The molecule has 0 heterocycles. The topological polar surface area (TPSA) is 89.7 Å². The Morgan fingerprint density at radius 1 is 1.40 bits per heavy atom. The number of hydrogen-bond donors (Lipinski definition) is 1. The summed E-state index contributed by atoms with van der Waals surface area (Å²) < 4.78 is 30.0. The molecule has 1 aromatic carbocycles. The SMILES string of the molecule is CCCN(Cc1cccc(N)c1)S(=O)(=O)CC(=O)OC. The molecule has 0 aromatic heterocycles. The van der Waals surface area contributed by atoms with Crippen molar-refractivity contribution < 1.29 is 17.9 Å². The Kier molecular flexibility index (Phi) is 5.97. The van der Waals surface area contributed by atoms with Gasteiger partial charge in [0.25, 0.3) is 0 Å². The van der Waals surface area contributed by atoms with E-state index in [-0.39, 0.29) is 6.54 Å². The van der Waals surface area contributed by atoms with Crippen LogP contribution in [0.3, 0.4) is 0 Å². The van der Waals surface area contributed by atoms with E-state index in [1.165, 1.54) is 11.4 Å². The number of methoxy groups -OCH3 is 1. The highest BCUT2D eigenvalue weighted by Crippen LogP contribution is 2.13. The highest BCUT2D eigenvalue weighted by atomic mass is 32.2. The summed E-state index contributed by atoms with van der Waals surface area (Å²) in [6, 6.07) is 7.02. The molecule has 0 unspecified atom stereocenters. The zero-order chi connectivity index (χ0) is 15.2. The van der Waals surface area contributed by atoms with Crippen LogP contribution in [0.5, 0.6) is 0 Å². The molecule has 0 saturated carbocycles. The maximum Gasteiger partial charge on any atom is 0.322 e. The van der Waals surface area contributed by atoms with Crippen molar-refractivity contribution in [3.05, 3.63) is 29.8 Å². The second kappa shape index (κ2) is 7.25. The van der Waals surface area contributed by atoms with Crippen LogP contribution >= 0.6 is 0 Å². The minimum absolute atomic E-state index is 0.193. The van der Waals surface area contributed by atoms with Gasteiger partial charge >= 0.3 is 5.97 Å². The Morgan fingerprint density at radius 2 is 2.10 bits per heavy atom. The smallest absolute Gasteiger partial charge is 0.322 e. The normalized spacial score (nSPS) is 11.6. The zero-order valence-corrected chi connectivity index (χ0v) is 12.5. The quantitative estimate of drug-likeness (QED) is 0.599. The van der Waals surface area contributed by atoms with Crippen molar-refractivity contribution in [3.8, 4) is 0 Å². The van der Waals surface area contributed by atoms with Crippen molar-refractivity contribution in [2.24, 2.45) is 0 Å². The Balaban J connectivity index is 2.91. The lowest BCUT2D eigenvalue weighted by Gasteiger charge is -2.21. The summed E-state index contributed by atoms with van der Waals surface area (Å²) in [6.45, 7) is 2.41. The van der Waals surface area contributed by atoms with E-state index in [0.717, 1.165) is 5.56 Å². The lowest BCUT2D eigenvalue weighted by atomic mass is 10.2. The molecular formula is C13H20N2O4S. The Bertz CT molecular complexity index is 557. The van der Waals surface area contributed by atoms with Crippen molar-refractivity contribution >= 4 is 21.7 Å². The van der Waals surface area contributed by atoms with Gasteiger partial charge in [-0.3, -0.25) is 4.79 Å². The van der Waals surface area contributed by atoms with Gasteiger partial charge in [0.05, 0.1) is 7.11 Å². The molecule has 0 spiro atoms. The molecule has 0 bridgehead atoms. The van der Waals surface area contributed by atoms with Crippen LogP contribution in [0, 0.1) is 0 Å². The number of carbonyl (C=O) groups is 1. The Hall–Kier alpha value is -1.60.